The van der Waals surface area contributed by atoms with Crippen LogP contribution < -0.4 is 0 Å². The van der Waals surface area contributed by atoms with Gasteiger partial charge in [-0.2, -0.15) is 0 Å². The third-order valence-corrected chi connectivity index (χ3v) is 4.16. The smallest absolute Gasteiger partial charge is 0.142 e. The van der Waals surface area contributed by atoms with Crippen LogP contribution in [0.2, 0.25) is 10.0 Å². The van der Waals surface area contributed by atoms with Crippen LogP contribution in [-0.2, 0) is 6.54 Å². The van der Waals surface area contributed by atoms with Crippen molar-refractivity contribution in [2.45, 2.75) is 19.1 Å². The number of aliphatic hydroxyl groups is 2. The molecule has 0 aromatic heterocycles. The standard InChI is InChI=1S/C13H16Cl2FNO2/c14-10-4-11(15)12(16)3-9(10)5-17-2-1-8(7-18)13(19)6-17/h3-4,8,13,18-19H,1-2,5-7H2/t8-,13-/m1/s1. The number of piperidine rings is 1. The molecule has 2 N–H and O–H groups in total. The first-order chi connectivity index (χ1) is 9.01. The number of benzene rings is 1. The molecule has 2 rings (SSSR count). The molecule has 1 aliphatic rings. The van der Waals surface area contributed by atoms with E-state index < -0.39 is 11.9 Å². The molecule has 3 nitrogen and oxygen atoms in total. The number of aliphatic hydroxyl groups excluding tert-OH is 2. The maximum absolute atomic E-state index is 13.4. The maximum atomic E-state index is 13.4. The van der Waals surface area contributed by atoms with E-state index in [0.29, 0.717) is 30.1 Å². The van der Waals surface area contributed by atoms with Crippen LogP contribution in [0.1, 0.15) is 12.0 Å². The van der Waals surface area contributed by atoms with Crippen molar-refractivity contribution < 1.29 is 14.6 Å². The second-order valence-electron chi connectivity index (χ2n) is 4.89. The molecule has 1 aromatic rings. The Morgan fingerprint density at radius 2 is 2.05 bits per heavy atom. The van der Waals surface area contributed by atoms with Crippen molar-refractivity contribution in [2.75, 3.05) is 19.7 Å². The average Bonchev–Trinajstić information content (AvgIpc) is 2.36. The molecule has 2 atom stereocenters. The molecule has 1 aromatic carbocycles. The van der Waals surface area contributed by atoms with Crippen LogP contribution in [0.5, 0.6) is 0 Å². The predicted octanol–water partition coefficient (Wildman–Crippen LogP) is 2.31. The summed E-state index contributed by atoms with van der Waals surface area (Å²) in [6, 6.07) is 2.72. The fourth-order valence-corrected chi connectivity index (χ4v) is 2.77. The van der Waals surface area contributed by atoms with Crippen LogP contribution in [0, 0.1) is 11.7 Å². The Morgan fingerprint density at radius 1 is 1.32 bits per heavy atom. The Labute approximate surface area is 121 Å². The van der Waals surface area contributed by atoms with E-state index in [0.717, 1.165) is 6.54 Å². The highest BCUT2D eigenvalue weighted by atomic mass is 35.5. The van der Waals surface area contributed by atoms with Gasteiger partial charge in [-0.3, -0.25) is 4.90 Å². The van der Waals surface area contributed by atoms with E-state index in [1.54, 1.807) is 0 Å². The summed E-state index contributed by atoms with van der Waals surface area (Å²) < 4.78 is 13.4. The van der Waals surface area contributed by atoms with Crippen molar-refractivity contribution in [1.82, 2.24) is 4.90 Å². The van der Waals surface area contributed by atoms with Crippen LogP contribution >= 0.6 is 23.2 Å². The zero-order chi connectivity index (χ0) is 14.0. The van der Waals surface area contributed by atoms with Crippen LogP contribution in [0.4, 0.5) is 4.39 Å². The first-order valence-electron chi connectivity index (χ1n) is 6.16. The van der Waals surface area contributed by atoms with Crippen molar-refractivity contribution in [3.8, 4) is 0 Å². The molecule has 6 heteroatoms. The van der Waals surface area contributed by atoms with Gasteiger partial charge < -0.3 is 10.2 Å². The van der Waals surface area contributed by atoms with Gasteiger partial charge in [0, 0.05) is 30.6 Å². The zero-order valence-corrected chi connectivity index (χ0v) is 11.8. The summed E-state index contributed by atoms with van der Waals surface area (Å²) in [7, 11) is 0. The second-order valence-corrected chi connectivity index (χ2v) is 5.71. The molecule has 0 spiro atoms. The Morgan fingerprint density at radius 3 is 2.68 bits per heavy atom. The number of hydrogen-bond donors (Lipinski definition) is 2. The molecule has 0 saturated carbocycles. The Kier molecular flexibility index (Phi) is 5.03. The zero-order valence-electron chi connectivity index (χ0n) is 10.3. The van der Waals surface area contributed by atoms with E-state index in [9.17, 15) is 9.50 Å². The number of likely N-dealkylation sites (tertiary alicyclic amines) is 1. The summed E-state index contributed by atoms with van der Waals surface area (Å²) in [6.07, 6.45) is 0.153. The minimum Gasteiger partial charge on any atom is -0.396 e. The van der Waals surface area contributed by atoms with Gasteiger partial charge in [0.25, 0.3) is 0 Å². The van der Waals surface area contributed by atoms with Crippen LogP contribution in [-0.4, -0.2) is 40.9 Å². The maximum Gasteiger partial charge on any atom is 0.142 e. The SMILES string of the molecule is OC[C@H]1CCN(Cc2cc(F)c(Cl)cc2Cl)C[C@H]1O. The number of hydrogen-bond acceptors (Lipinski definition) is 3. The van der Waals surface area contributed by atoms with Gasteiger partial charge in [0.2, 0.25) is 0 Å². The fraction of sp³-hybridized carbons (Fsp3) is 0.538. The van der Waals surface area contributed by atoms with E-state index in [1.165, 1.54) is 12.1 Å². The Hall–Kier alpha value is -0.390. The molecule has 1 aliphatic heterocycles. The van der Waals surface area contributed by atoms with E-state index >= 15 is 0 Å². The molecule has 0 radical (unpaired) electrons. The van der Waals surface area contributed by atoms with Gasteiger partial charge in [0.05, 0.1) is 11.1 Å². The molecule has 19 heavy (non-hydrogen) atoms. The molecular weight excluding hydrogens is 292 g/mol. The minimum absolute atomic E-state index is 0.00720. The Bertz CT molecular complexity index is 459. The number of β-amino-alcohol motifs (C(OH)–C–C–N with tert-alkyl or cyclic N) is 1. The van der Waals surface area contributed by atoms with Gasteiger partial charge in [-0.25, -0.2) is 4.39 Å². The van der Waals surface area contributed by atoms with E-state index in [1.807, 2.05) is 4.90 Å². The van der Waals surface area contributed by atoms with Gasteiger partial charge in [-0.1, -0.05) is 23.2 Å². The lowest BCUT2D eigenvalue weighted by atomic mass is 9.94. The number of halogens is 3. The van der Waals surface area contributed by atoms with Gasteiger partial charge in [0.15, 0.2) is 0 Å². The van der Waals surface area contributed by atoms with Gasteiger partial charge >= 0.3 is 0 Å². The molecule has 0 unspecified atom stereocenters. The highest BCUT2D eigenvalue weighted by Crippen LogP contribution is 2.27. The van der Waals surface area contributed by atoms with Gasteiger partial charge in [0.1, 0.15) is 5.82 Å². The summed E-state index contributed by atoms with van der Waals surface area (Å²) in [5.74, 6) is -0.569. The average molecular weight is 308 g/mol. The predicted molar refractivity (Wildman–Crippen MR) is 72.9 cm³/mol. The summed E-state index contributed by atoms with van der Waals surface area (Å²) in [4.78, 5) is 1.99. The number of nitrogens with zero attached hydrogens (tertiary/aromatic N) is 1. The third kappa shape index (κ3) is 3.58. The second kappa shape index (κ2) is 6.37. The van der Waals surface area contributed by atoms with Gasteiger partial charge in [-0.15, -0.1) is 0 Å². The van der Waals surface area contributed by atoms with Crippen molar-refractivity contribution in [3.63, 3.8) is 0 Å². The minimum atomic E-state index is -0.560. The quantitative estimate of drug-likeness (QED) is 0.842. The monoisotopic (exact) mass is 307 g/mol. The number of rotatable bonds is 3. The van der Waals surface area contributed by atoms with Crippen molar-refractivity contribution in [1.29, 1.82) is 0 Å². The largest absolute Gasteiger partial charge is 0.396 e. The van der Waals surface area contributed by atoms with Crippen LogP contribution in [0.3, 0.4) is 0 Å². The molecule has 0 amide bonds. The van der Waals surface area contributed by atoms with Crippen molar-refractivity contribution >= 4 is 23.2 Å². The molecule has 1 fully saturated rings. The summed E-state index contributed by atoms with van der Waals surface area (Å²) in [5.41, 5.74) is 0.651. The third-order valence-electron chi connectivity index (χ3n) is 3.52. The first-order valence-corrected chi connectivity index (χ1v) is 6.91. The molecule has 106 valence electrons. The van der Waals surface area contributed by atoms with Crippen molar-refractivity contribution in [3.05, 3.63) is 33.6 Å². The highest BCUT2D eigenvalue weighted by Gasteiger charge is 2.27. The van der Waals surface area contributed by atoms with Crippen LogP contribution in [0.25, 0.3) is 0 Å². The molecule has 0 bridgehead atoms. The fourth-order valence-electron chi connectivity index (χ4n) is 2.33. The van der Waals surface area contributed by atoms with Crippen molar-refractivity contribution in [2.24, 2.45) is 5.92 Å². The summed E-state index contributed by atoms with van der Waals surface area (Å²) in [5, 5.41) is 19.4. The molecule has 1 saturated heterocycles. The summed E-state index contributed by atoms with van der Waals surface area (Å²) >= 11 is 11.7. The lowest BCUT2D eigenvalue weighted by molar-refractivity contribution is -0.00445. The lowest BCUT2D eigenvalue weighted by Crippen LogP contribution is -2.44. The topological polar surface area (TPSA) is 43.7 Å². The van der Waals surface area contributed by atoms with E-state index in [2.05, 4.69) is 0 Å². The highest BCUT2D eigenvalue weighted by molar-refractivity contribution is 6.35. The molecular formula is C13H16Cl2FNO2. The normalized spacial score (nSPS) is 24.7. The van der Waals surface area contributed by atoms with Crippen LogP contribution in [0.15, 0.2) is 12.1 Å². The Balaban J connectivity index is 2.04. The van der Waals surface area contributed by atoms with E-state index in [4.69, 9.17) is 28.3 Å². The first kappa shape index (κ1) is 15.0. The van der Waals surface area contributed by atoms with Gasteiger partial charge in [-0.05, 0) is 30.7 Å². The summed E-state index contributed by atoms with van der Waals surface area (Å²) in [6.45, 7) is 1.64. The molecule has 0 aliphatic carbocycles. The molecule has 1 heterocycles. The lowest BCUT2D eigenvalue weighted by Gasteiger charge is -2.35. The van der Waals surface area contributed by atoms with E-state index in [-0.39, 0.29) is 17.5 Å².